The van der Waals surface area contributed by atoms with E-state index in [1.54, 1.807) is 24.3 Å². The van der Waals surface area contributed by atoms with Gasteiger partial charge in [0, 0.05) is 57.3 Å². The molecule has 0 aliphatic carbocycles. The van der Waals surface area contributed by atoms with Gasteiger partial charge in [0.05, 0.1) is 6.61 Å². The maximum absolute atomic E-state index is 12.8. The molecule has 1 saturated heterocycles. The van der Waals surface area contributed by atoms with Crippen LogP contribution in [0.1, 0.15) is 28.4 Å². The Morgan fingerprint density at radius 3 is 2.68 bits per heavy atom. The van der Waals surface area contributed by atoms with Gasteiger partial charge in [0.25, 0.3) is 5.91 Å². The molecule has 2 aromatic rings. The lowest BCUT2D eigenvalue weighted by Crippen LogP contribution is -2.48. The van der Waals surface area contributed by atoms with Gasteiger partial charge in [-0.3, -0.25) is 14.5 Å². The van der Waals surface area contributed by atoms with E-state index in [1.807, 2.05) is 4.90 Å². The number of amides is 2. The van der Waals surface area contributed by atoms with Crippen LogP contribution in [0.2, 0.25) is 0 Å². The topological polar surface area (TPSA) is 61.9 Å². The summed E-state index contributed by atoms with van der Waals surface area (Å²) >= 11 is 0. The SMILES string of the molecule is CC(=O)Nc1cccc(C(=O)N2CCN(Cc3ccc4c(c3)CCO4)CC2)c1. The smallest absolute Gasteiger partial charge is 0.254 e. The maximum atomic E-state index is 12.8. The Hall–Kier alpha value is -2.86. The first-order valence-corrected chi connectivity index (χ1v) is 9.72. The molecule has 2 aliphatic rings. The molecule has 0 saturated carbocycles. The predicted octanol–water partition coefficient (Wildman–Crippen LogP) is 2.54. The van der Waals surface area contributed by atoms with Crippen LogP contribution in [-0.4, -0.2) is 54.4 Å². The third-order valence-corrected chi connectivity index (χ3v) is 5.25. The fraction of sp³-hybridized carbons (Fsp3) is 0.364. The third-order valence-electron chi connectivity index (χ3n) is 5.25. The standard InChI is InChI=1S/C22H25N3O3/c1-16(26)23-20-4-2-3-19(14-20)22(27)25-10-8-24(9-11-25)15-17-5-6-21-18(13-17)7-12-28-21/h2-6,13-14H,7-12,15H2,1H3,(H,23,26). The second-order valence-corrected chi connectivity index (χ2v) is 7.37. The Bertz CT molecular complexity index is 888. The van der Waals surface area contributed by atoms with Gasteiger partial charge in [-0.1, -0.05) is 18.2 Å². The van der Waals surface area contributed by atoms with E-state index < -0.39 is 0 Å². The summed E-state index contributed by atoms with van der Waals surface area (Å²) in [5.74, 6) is 0.888. The van der Waals surface area contributed by atoms with Gasteiger partial charge in [-0.05, 0) is 35.4 Å². The van der Waals surface area contributed by atoms with E-state index in [2.05, 4.69) is 28.4 Å². The summed E-state index contributed by atoms with van der Waals surface area (Å²) in [6, 6.07) is 13.6. The van der Waals surface area contributed by atoms with E-state index >= 15 is 0 Å². The molecule has 4 rings (SSSR count). The number of ether oxygens (including phenoxy) is 1. The minimum absolute atomic E-state index is 0.0153. The van der Waals surface area contributed by atoms with Crippen molar-refractivity contribution in [2.75, 3.05) is 38.1 Å². The highest BCUT2D eigenvalue weighted by Gasteiger charge is 2.23. The van der Waals surface area contributed by atoms with Crippen molar-refractivity contribution in [3.05, 3.63) is 59.2 Å². The lowest BCUT2D eigenvalue weighted by atomic mass is 10.1. The Morgan fingerprint density at radius 2 is 1.89 bits per heavy atom. The number of carbonyl (C=O) groups excluding carboxylic acids is 2. The fourth-order valence-corrected chi connectivity index (χ4v) is 3.82. The molecule has 0 spiro atoms. The molecule has 6 heteroatoms. The van der Waals surface area contributed by atoms with Crippen molar-refractivity contribution < 1.29 is 14.3 Å². The van der Waals surface area contributed by atoms with Crippen LogP contribution < -0.4 is 10.1 Å². The van der Waals surface area contributed by atoms with Gasteiger partial charge < -0.3 is 15.0 Å². The van der Waals surface area contributed by atoms with Crippen LogP contribution in [0.4, 0.5) is 5.69 Å². The van der Waals surface area contributed by atoms with Crippen LogP contribution in [0.15, 0.2) is 42.5 Å². The number of piperazine rings is 1. The first-order chi connectivity index (χ1) is 13.6. The highest BCUT2D eigenvalue weighted by molar-refractivity contribution is 5.96. The number of hydrogen-bond donors (Lipinski definition) is 1. The van der Waals surface area contributed by atoms with Crippen molar-refractivity contribution in [1.29, 1.82) is 0 Å². The molecule has 0 atom stereocenters. The molecule has 1 N–H and O–H groups in total. The first kappa shape index (κ1) is 18.5. The lowest BCUT2D eigenvalue weighted by Gasteiger charge is -2.35. The minimum Gasteiger partial charge on any atom is -0.493 e. The average molecular weight is 379 g/mol. The second kappa shape index (κ2) is 8.02. The highest BCUT2D eigenvalue weighted by Crippen LogP contribution is 2.26. The van der Waals surface area contributed by atoms with Crippen LogP contribution >= 0.6 is 0 Å². The molecule has 2 aromatic carbocycles. The van der Waals surface area contributed by atoms with Crippen LogP contribution in [0.3, 0.4) is 0 Å². The van der Waals surface area contributed by atoms with E-state index in [-0.39, 0.29) is 11.8 Å². The van der Waals surface area contributed by atoms with Crippen molar-refractivity contribution in [2.45, 2.75) is 19.9 Å². The molecule has 146 valence electrons. The summed E-state index contributed by atoms with van der Waals surface area (Å²) in [4.78, 5) is 28.3. The number of carbonyl (C=O) groups is 2. The summed E-state index contributed by atoms with van der Waals surface area (Å²) in [5.41, 5.74) is 3.85. The Balaban J connectivity index is 1.33. The molecule has 2 aliphatic heterocycles. The molecule has 0 aromatic heterocycles. The number of nitrogens with one attached hydrogen (secondary N) is 1. The van der Waals surface area contributed by atoms with Gasteiger partial charge in [-0.25, -0.2) is 0 Å². The van der Waals surface area contributed by atoms with Crippen molar-refractivity contribution >= 4 is 17.5 Å². The molecule has 6 nitrogen and oxygen atoms in total. The molecular weight excluding hydrogens is 354 g/mol. The van der Waals surface area contributed by atoms with Crippen LogP contribution in [0.25, 0.3) is 0 Å². The van der Waals surface area contributed by atoms with E-state index in [4.69, 9.17) is 4.74 Å². The average Bonchev–Trinajstić information content (AvgIpc) is 3.15. The summed E-state index contributed by atoms with van der Waals surface area (Å²) in [7, 11) is 0. The van der Waals surface area contributed by atoms with E-state index in [1.165, 1.54) is 18.1 Å². The van der Waals surface area contributed by atoms with Gasteiger partial charge >= 0.3 is 0 Å². The van der Waals surface area contributed by atoms with Gasteiger partial charge in [0.15, 0.2) is 0 Å². The zero-order chi connectivity index (χ0) is 19.5. The van der Waals surface area contributed by atoms with Gasteiger partial charge in [0.1, 0.15) is 5.75 Å². The molecule has 28 heavy (non-hydrogen) atoms. The summed E-state index contributed by atoms with van der Waals surface area (Å²) in [6.45, 7) is 6.25. The molecule has 0 bridgehead atoms. The molecule has 0 unspecified atom stereocenters. The second-order valence-electron chi connectivity index (χ2n) is 7.37. The molecule has 0 radical (unpaired) electrons. The lowest BCUT2D eigenvalue weighted by molar-refractivity contribution is -0.114. The van der Waals surface area contributed by atoms with E-state index in [0.29, 0.717) is 24.3 Å². The number of hydrogen-bond acceptors (Lipinski definition) is 4. The number of fused-ring (bicyclic) bond motifs is 1. The fourth-order valence-electron chi connectivity index (χ4n) is 3.82. The van der Waals surface area contributed by atoms with Crippen molar-refractivity contribution in [3.63, 3.8) is 0 Å². The quantitative estimate of drug-likeness (QED) is 0.887. The number of nitrogens with zero attached hydrogens (tertiary/aromatic N) is 2. The zero-order valence-corrected chi connectivity index (χ0v) is 16.1. The predicted molar refractivity (Wildman–Crippen MR) is 108 cm³/mol. The zero-order valence-electron chi connectivity index (χ0n) is 16.1. The van der Waals surface area contributed by atoms with Gasteiger partial charge in [0.2, 0.25) is 5.91 Å². The highest BCUT2D eigenvalue weighted by atomic mass is 16.5. The van der Waals surface area contributed by atoms with E-state index in [9.17, 15) is 9.59 Å². The van der Waals surface area contributed by atoms with Crippen LogP contribution in [-0.2, 0) is 17.8 Å². The summed E-state index contributed by atoms with van der Waals surface area (Å²) < 4.78 is 5.57. The normalized spacial score (nSPS) is 16.4. The Labute approximate surface area is 165 Å². The number of rotatable bonds is 4. The van der Waals surface area contributed by atoms with Gasteiger partial charge in [-0.2, -0.15) is 0 Å². The Kier molecular flexibility index (Phi) is 5.30. The first-order valence-electron chi connectivity index (χ1n) is 9.72. The number of benzene rings is 2. The third kappa shape index (κ3) is 4.17. The number of anilines is 1. The van der Waals surface area contributed by atoms with Gasteiger partial charge in [-0.15, -0.1) is 0 Å². The van der Waals surface area contributed by atoms with Crippen LogP contribution in [0, 0.1) is 0 Å². The van der Waals surface area contributed by atoms with Crippen LogP contribution in [0.5, 0.6) is 5.75 Å². The molecule has 1 fully saturated rings. The largest absolute Gasteiger partial charge is 0.493 e. The minimum atomic E-state index is -0.142. The van der Waals surface area contributed by atoms with Crippen molar-refractivity contribution in [2.24, 2.45) is 0 Å². The molecular formula is C22H25N3O3. The molecule has 2 heterocycles. The summed E-state index contributed by atoms with van der Waals surface area (Å²) in [6.07, 6.45) is 0.989. The van der Waals surface area contributed by atoms with E-state index in [0.717, 1.165) is 38.4 Å². The van der Waals surface area contributed by atoms with Crippen molar-refractivity contribution in [1.82, 2.24) is 9.80 Å². The molecule has 2 amide bonds. The monoisotopic (exact) mass is 379 g/mol. The Morgan fingerprint density at radius 1 is 1.07 bits per heavy atom. The maximum Gasteiger partial charge on any atom is 0.254 e. The summed E-state index contributed by atoms with van der Waals surface area (Å²) in [5, 5.41) is 2.73. The van der Waals surface area contributed by atoms with Crippen molar-refractivity contribution in [3.8, 4) is 5.75 Å².